The Kier molecular flexibility index (Phi) is 3.48. The Bertz CT molecular complexity index is 1000. The number of anilines is 1. The molecule has 2 aromatic heterocycles. The van der Waals surface area contributed by atoms with E-state index in [0.29, 0.717) is 12.4 Å². The van der Waals surface area contributed by atoms with Crippen molar-refractivity contribution in [2.75, 3.05) is 5.73 Å². The van der Waals surface area contributed by atoms with Crippen LogP contribution in [-0.2, 0) is 6.54 Å². The predicted molar refractivity (Wildman–Crippen MR) is 96.6 cm³/mol. The molecule has 0 unspecified atom stereocenters. The predicted octanol–water partition coefficient (Wildman–Crippen LogP) is 3.13. The highest BCUT2D eigenvalue weighted by molar-refractivity contribution is 5.85. The molecular formula is C19H17N5. The van der Waals surface area contributed by atoms with Crippen molar-refractivity contribution in [2.45, 2.75) is 6.54 Å². The summed E-state index contributed by atoms with van der Waals surface area (Å²) in [5, 5.41) is 0. The minimum absolute atomic E-state index is 0.465. The van der Waals surface area contributed by atoms with Crippen molar-refractivity contribution in [1.29, 1.82) is 0 Å². The number of aromatic nitrogens is 3. The van der Waals surface area contributed by atoms with Crippen LogP contribution >= 0.6 is 0 Å². The zero-order valence-corrected chi connectivity index (χ0v) is 13.1. The van der Waals surface area contributed by atoms with Gasteiger partial charge in [-0.15, -0.1) is 0 Å². The number of nitrogens with zero attached hydrogens (tertiary/aromatic N) is 3. The summed E-state index contributed by atoms with van der Waals surface area (Å²) in [6.07, 6.45) is 1.68. The summed E-state index contributed by atoms with van der Waals surface area (Å²) >= 11 is 0. The van der Waals surface area contributed by atoms with Gasteiger partial charge in [0.15, 0.2) is 0 Å². The van der Waals surface area contributed by atoms with Crippen LogP contribution in [0.5, 0.6) is 0 Å². The zero-order chi connectivity index (χ0) is 16.5. The molecule has 118 valence electrons. The average molecular weight is 315 g/mol. The number of fused-ring (bicyclic) bond motifs is 1. The standard InChI is InChI=1S/C19H17N5/c20-12-13-7-9-14(10-8-13)24-17-6-2-1-5-16(17)23-19(24)15-4-3-11-22-18(15)21/h1-11H,12,20H2,(H2,21,22). The first-order valence-electron chi connectivity index (χ1n) is 7.75. The third-order valence-electron chi connectivity index (χ3n) is 4.07. The van der Waals surface area contributed by atoms with Gasteiger partial charge in [-0.05, 0) is 42.0 Å². The molecule has 5 heteroatoms. The van der Waals surface area contributed by atoms with Crippen molar-refractivity contribution in [2.24, 2.45) is 5.73 Å². The Morgan fingerprint density at radius 3 is 2.46 bits per heavy atom. The monoisotopic (exact) mass is 315 g/mol. The molecule has 5 nitrogen and oxygen atoms in total. The fourth-order valence-corrected chi connectivity index (χ4v) is 2.86. The maximum absolute atomic E-state index is 6.09. The minimum Gasteiger partial charge on any atom is -0.383 e. The van der Waals surface area contributed by atoms with E-state index >= 15 is 0 Å². The first-order valence-corrected chi connectivity index (χ1v) is 7.75. The highest BCUT2D eigenvalue weighted by atomic mass is 15.1. The number of rotatable bonds is 3. The first-order chi connectivity index (χ1) is 11.8. The smallest absolute Gasteiger partial charge is 0.149 e. The molecule has 0 radical (unpaired) electrons. The van der Waals surface area contributed by atoms with Crippen LogP contribution in [0.1, 0.15) is 5.56 Å². The molecule has 2 heterocycles. The lowest BCUT2D eigenvalue weighted by Crippen LogP contribution is -2.02. The number of nitrogens with two attached hydrogens (primary N) is 2. The second kappa shape index (κ2) is 5.79. The van der Waals surface area contributed by atoms with E-state index in [1.807, 2.05) is 54.6 Å². The Hall–Kier alpha value is -3.18. The number of imidazole rings is 1. The van der Waals surface area contributed by atoms with Gasteiger partial charge in [0, 0.05) is 18.4 Å². The van der Waals surface area contributed by atoms with Gasteiger partial charge in [-0.1, -0.05) is 24.3 Å². The molecule has 4 rings (SSSR count). The zero-order valence-electron chi connectivity index (χ0n) is 13.1. The Morgan fingerprint density at radius 2 is 1.71 bits per heavy atom. The second-order valence-electron chi connectivity index (χ2n) is 5.57. The normalized spacial score (nSPS) is 11.0. The number of pyridine rings is 1. The number of benzene rings is 2. The molecule has 0 amide bonds. The summed E-state index contributed by atoms with van der Waals surface area (Å²) < 4.78 is 2.10. The van der Waals surface area contributed by atoms with E-state index in [1.54, 1.807) is 6.20 Å². The number of para-hydroxylation sites is 2. The van der Waals surface area contributed by atoms with E-state index in [-0.39, 0.29) is 0 Å². The van der Waals surface area contributed by atoms with Crippen LogP contribution in [0.2, 0.25) is 0 Å². The molecule has 0 aliphatic heterocycles. The molecule has 0 saturated heterocycles. The summed E-state index contributed by atoms with van der Waals surface area (Å²) in [5.41, 5.74) is 16.6. The molecule has 0 fully saturated rings. The number of hydrogen-bond acceptors (Lipinski definition) is 4. The lowest BCUT2D eigenvalue weighted by atomic mass is 10.2. The van der Waals surface area contributed by atoms with Crippen LogP contribution in [0, 0.1) is 0 Å². The van der Waals surface area contributed by atoms with Gasteiger partial charge in [0.2, 0.25) is 0 Å². The Balaban J connectivity index is 2.01. The molecule has 0 atom stereocenters. The van der Waals surface area contributed by atoms with Crippen molar-refractivity contribution in [3.05, 3.63) is 72.4 Å². The van der Waals surface area contributed by atoms with Crippen LogP contribution in [0.25, 0.3) is 28.1 Å². The van der Waals surface area contributed by atoms with Gasteiger partial charge < -0.3 is 11.5 Å². The van der Waals surface area contributed by atoms with Crippen LogP contribution in [0.3, 0.4) is 0 Å². The van der Waals surface area contributed by atoms with Gasteiger partial charge in [0.1, 0.15) is 11.6 Å². The van der Waals surface area contributed by atoms with E-state index in [2.05, 4.69) is 15.6 Å². The van der Waals surface area contributed by atoms with Gasteiger partial charge in [-0.2, -0.15) is 0 Å². The molecule has 4 aromatic rings. The topological polar surface area (TPSA) is 82.8 Å². The quantitative estimate of drug-likeness (QED) is 0.608. The van der Waals surface area contributed by atoms with Gasteiger partial charge >= 0.3 is 0 Å². The summed E-state index contributed by atoms with van der Waals surface area (Å²) in [6.45, 7) is 0.521. The number of nitrogen functional groups attached to an aromatic ring is 1. The number of hydrogen-bond donors (Lipinski definition) is 2. The second-order valence-corrected chi connectivity index (χ2v) is 5.57. The lowest BCUT2D eigenvalue weighted by molar-refractivity contribution is 1.05. The fourth-order valence-electron chi connectivity index (χ4n) is 2.86. The summed E-state index contributed by atoms with van der Waals surface area (Å²) in [4.78, 5) is 8.98. The van der Waals surface area contributed by atoms with E-state index in [0.717, 1.165) is 33.7 Å². The molecular weight excluding hydrogens is 298 g/mol. The highest BCUT2D eigenvalue weighted by Crippen LogP contribution is 2.30. The lowest BCUT2D eigenvalue weighted by Gasteiger charge is -2.11. The van der Waals surface area contributed by atoms with Crippen LogP contribution < -0.4 is 11.5 Å². The van der Waals surface area contributed by atoms with E-state index < -0.39 is 0 Å². The Labute approximate surface area is 139 Å². The third kappa shape index (κ3) is 2.31. The largest absolute Gasteiger partial charge is 0.383 e. The van der Waals surface area contributed by atoms with E-state index in [9.17, 15) is 0 Å². The highest BCUT2D eigenvalue weighted by Gasteiger charge is 2.16. The maximum atomic E-state index is 6.09. The van der Waals surface area contributed by atoms with Gasteiger partial charge in [-0.3, -0.25) is 4.57 Å². The van der Waals surface area contributed by atoms with Crippen molar-refractivity contribution < 1.29 is 0 Å². The van der Waals surface area contributed by atoms with Gasteiger partial charge in [-0.25, -0.2) is 9.97 Å². The van der Waals surface area contributed by atoms with Crippen molar-refractivity contribution in [3.63, 3.8) is 0 Å². The summed E-state index contributed by atoms with van der Waals surface area (Å²) in [7, 11) is 0. The molecule has 0 aliphatic rings. The summed E-state index contributed by atoms with van der Waals surface area (Å²) in [6, 6.07) is 20.0. The van der Waals surface area contributed by atoms with E-state index in [4.69, 9.17) is 16.5 Å². The van der Waals surface area contributed by atoms with Crippen molar-refractivity contribution in [1.82, 2.24) is 14.5 Å². The van der Waals surface area contributed by atoms with Crippen molar-refractivity contribution in [3.8, 4) is 17.1 Å². The maximum Gasteiger partial charge on any atom is 0.149 e. The SMILES string of the molecule is NCc1ccc(-n2c(-c3cccnc3N)nc3ccccc32)cc1. The molecule has 0 aliphatic carbocycles. The minimum atomic E-state index is 0.465. The summed E-state index contributed by atoms with van der Waals surface area (Å²) in [5.74, 6) is 1.25. The van der Waals surface area contributed by atoms with Gasteiger partial charge in [0.05, 0.1) is 16.6 Å². The average Bonchev–Trinajstić information content (AvgIpc) is 3.01. The molecule has 4 N–H and O–H groups in total. The molecule has 2 aromatic carbocycles. The van der Waals surface area contributed by atoms with Crippen molar-refractivity contribution >= 4 is 16.9 Å². The van der Waals surface area contributed by atoms with Crippen LogP contribution in [0.4, 0.5) is 5.82 Å². The molecule has 0 saturated carbocycles. The molecule has 0 spiro atoms. The van der Waals surface area contributed by atoms with E-state index in [1.165, 1.54) is 0 Å². The molecule has 0 bridgehead atoms. The van der Waals surface area contributed by atoms with Gasteiger partial charge in [0.25, 0.3) is 0 Å². The van der Waals surface area contributed by atoms with Crippen LogP contribution in [-0.4, -0.2) is 14.5 Å². The van der Waals surface area contributed by atoms with Crippen LogP contribution in [0.15, 0.2) is 66.9 Å². The Morgan fingerprint density at radius 1 is 0.917 bits per heavy atom. The first kappa shape index (κ1) is 14.4. The third-order valence-corrected chi connectivity index (χ3v) is 4.07. The molecule has 24 heavy (non-hydrogen) atoms. The fraction of sp³-hybridized carbons (Fsp3) is 0.0526.